The van der Waals surface area contributed by atoms with Crippen LogP contribution in [-0.2, 0) is 22.6 Å². The number of ether oxygens (including phenoxy) is 1. The van der Waals surface area contributed by atoms with E-state index in [1.807, 2.05) is 5.38 Å². The first-order valence-electron chi connectivity index (χ1n) is 6.72. The van der Waals surface area contributed by atoms with E-state index in [2.05, 4.69) is 9.88 Å². The summed E-state index contributed by atoms with van der Waals surface area (Å²) in [4.78, 5) is 20.3. The van der Waals surface area contributed by atoms with Crippen LogP contribution in [0.3, 0.4) is 0 Å². The number of nitrogens with zero attached hydrogens (tertiary/aromatic N) is 3. The summed E-state index contributed by atoms with van der Waals surface area (Å²) in [6, 6.07) is 0. The molecule has 1 fully saturated rings. The Balaban J connectivity index is 1.83. The first kappa shape index (κ1) is 15.7. The summed E-state index contributed by atoms with van der Waals surface area (Å²) < 4.78 is 5.33. The third-order valence-electron chi connectivity index (χ3n) is 3.20. The van der Waals surface area contributed by atoms with Crippen LogP contribution in [0.5, 0.6) is 0 Å². The Bertz CT molecular complexity index is 435. The van der Waals surface area contributed by atoms with Crippen molar-refractivity contribution in [2.75, 3.05) is 39.2 Å². The predicted molar refractivity (Wildman–Crippen MR) is 80.0 cm³/mol. The smallest absolute Gasteiger partial charge is 0.223 e. The lowest BCUT2D eigenvalue weighted by Crippen LogP contribution is -2.35. The number of hydrogen-bond donors (Lipinski definition) is 0. The first-order chi connectivity index (χ1) is 9.69. The Morgan fingerprint density at radius 2 is 2.30 bits per heavy atom. The zero-order valence-corrected chi connectivity index (χ0v) is 13.3. The number of amides is 1. The van der Waals surface area contributed by atoms with Crippen LogP contribution in [0.25, 0.3) is 0 Å². The summed E-state index contributed by atoms with van der Waals surface area (Å²) in [5.41, 5.74) is 0.948. The van der Waals surface area contributed by atoms with E-state index in [1.54, 1.807) is 23.3 Å². The molecule has 2 rings (SSSR count). The zero-order valence-electron chi connectivity index (χ0n) is 11.7. The second-order valence-electron chi connectivity index (χ2n) is 4.81. The zero-order chi connectivity index (χ0) is 14.4. The number of hydrogen-bond acceptors (Lipinski definition) is 5. The molecule has 0 bridgehead atoms. The van der Waals surface area contributed by atoms with Gasteiger partial charge in [0.15, 0.2) is 0 Å². The summed E-state index contributed by atoms with van der Waals surface area (Å²) >= 11 is 7.23. The van der Waals surface area contributed by atoms with Crippen LogP contribution in [-0.4, -0.2) is 59.9 Å². The topological polar surface area (TPSA) is 45.7 Å². The molecule has 1 aromatic heterocycles. The molecular weight excluding hydrogens is 298 g/mol. The van der Waals surface area contributed by atoms with Gasteiger partial charge in [-0.2, -0.15) is 0 Å². The molecule has 2 heterocycles. The number of morpholine rings is 1. The van der Waals surface area contributed by atoms with Crippen molar-refractivity contribution in [1.82, 2.24) is 14.8 Å². The van der Waals surface area contributed by atoms with Gasteiger partial charge in [-0.1, -0.05) is 0 Å². The van der Waals surface area contributed by atoms with Gasteiger partial charge >= 0.3 is 0 Å². The average Bonchev–Trinajstić information content (AvgIpc) is 2.87. The van der Waals surface area contributed by atoms with Gasteiger partial charge in [-0.25, -0.2) is 4.98 Å². The number of carbonyl (C=O) groups excluding carboxylic acids is 1. The highest BCUT2D eigenvalue weighted by Crippen LogP contribution is 2.14. The largest absolute Gasteiger partial charge is 0.379 e. The molecule has 0 N–H and O–H groups in total. The van der Waals surface area contributed by atoms with Gasteiger partial charge in [-0.15, -0.1) is 22.9 Å². The second-order valence-corrected chi connectivity index (χ2v) is 6.13. The minimum absolute atomic E-state index is 0.0581. The molecule has 0 saturated carbocycles. The lowest BCUT2D eigenvalue weighted by Gasteiger charge is -2.25. The van der Waals surface area contributed by atoms with Crippen molar-refractivity contribution < 1.29 is 9.53 Å². The van der Waals surface area contributed by atoms with Crippen LogP contribution in [0.15, 0.2) is 5.38 Å². The van der Waals surface area contributed by atoms with Gasteiger partial charge in [-0.05, 0) is 0 Å². The minimum atomic E-state index is 0.0581. The summed E-state index contributed by atoms with van der Waals surface area (Å²) in [7, 11) is 1.79. The van der Waals surface area contributed by atoms with Crippen molar-refractivity contribution in [3.05, 3.63) is 16.1 Å². The fourth-order valence-electron chi connectivity index (χ4n) is 2.05. The Labute approximate surface area is 128 Å². The van der Waals surface area contributed by atoms with Crippen molar-refractivity contribution in [3.63, 3.8) is 0 Å². The first-order valence-corrected chi connectivity index (χ1v) is 8.14. The Hall–Kier alpha value is -0.690. The number of halogens is 1. The molecule has 0 aliphatic carbocycles. The van der Waals surface area contributed by atoms with Gasteiger partial charge in [0.1, 0.15) is 5.01 Å². The highest BCUT2D eigenvalue weighted by atomic mass is 35.5. The molecule has 20 heavy (non-hydrogen) atoms. The fraction of sp³-hybridized carbons (Fsp3) is 0.692. The normalized spacial score (nSPS) is 16.3. The van der Waals surface area contributed by atoms with E-state index in [-0.39, 0.29) is 5.91 Å². The highest BCUT2D eigenvalue weighted by molar-refractivity contribution is 7.09. The number of thiazole rings is 1. The maximum absolute atomic E-state index is 11.7. The molecule has 1 saturated heterocycles. The third-order valence-corrected chi connectivity index (χ3v) is 4.27. The Morgan fingerprint density at radius 1 is 1.55 bits per heavy atom. The van der Waals surface area contributed by atoms with Crippen molar-refractivity contribution in [2.24, 2.45) is 0 Å². The summed E-state index contributed by atoms with van der Waals surface area (Å²) in [5.74, 6) is 0.422. The average molecular weight is 318 g/mol. The quantitative estimate of drug-likeness (QED) is 0.747. The lowest BCUT2D eigenvalue weighted by atomic mass is 10.3. The number of carbonyl (C=O) groups is 1. The molecule has 1 aliphatic rings. The number of rotatable bonds is 6. The molecule has 1 aromatic rings. The molecule has 112 valence electrons. The predicted octanol–water partition coefficient (Wildman–Crippen LogP) is 1.56. The van der Waals surface area contributed by atoms with Crippen molar-refractivity contribution in [3.8, 4) is 0 Å². The van der Waals surface area contributed by atoms with Gasteiger partial charge in [0.25, 0.3) is 0 Å². The monoisotopic (exact) mass is 317 g/mol. The molecule has 0 unspecified atom stereocenters. The molecule has 7 heteroatoms. The molecular formula is C13H20ClN3O2S. The molecule has 0 aromatic carbocycles. The van der Waals surface area contributed by atoms with Crippen LogP contribution in [0.4, 0.5) is 0 Å². The molecule has 0 radical (unpaired) electrons. The number of aromatic nitrogens is 1. The van der Waals surface area contributed by atoms with E-state index in [9.17, 15) is 4.79 Å². The maximum atomic E-state index is 11.7. The van der Waals surface area contributed by atoms with Crippen molar-refractivity contribution in [2.45, 2.75) is 19.5 Å². The van der Waals surface area contributed by atoms with E-state index >= 15 is 0 Å². The molecule has 1 amide bonds. The van der Waals surface area contributed by atoms with Gasteiger partial charge in [0.05, 0.1) is 32.0 Å². The minimum Gasteiger partial charge on any atom is -0.379 e. The highest BCUT2D eigenvalue weighted by Gasteiger charge is 2.14. The standard InChI is InChI=1S/C13H20ClN3O2S/c1-16(13(18)2-3-14)8-11-10-20-12(15-11)9-17-4-6-19-7-5-17/h10H,2-9H2,1H3. The fourth-order valence-corrected chi connectivity index (χ4v) is 3.04. The molecule has 5 nitrogen and oxygen atoms in total. The van der Waals surface area contributed by atoms with Gasteiger partial charge < -0.3 is 9.64 Å². The molecule has 1 aliphatic heterocycles. The summed E-state index contributed by atoms with van der Waals surface area (Å²) in [6.07, 6.45) is 0.378. The molecule has 0 atom stereocenters. The summed E-state index contributed by atoms with van der Waals surface area (Å²) in [5, 5.41) is 3.13. The maximum Gasteiger partial charge on any atom is 0.223 e. The Morgan fingerprint density at radius 3 is 3.00 bits per heavy atom. The van der Waals surface area contributed by atoms with E-state index in [0.717, 1.165) is 43.5 Å². The lowest BCUT2D eigenvalue weighted by molar-refractivity contribution is -0.130. The van der Waals surface area contributed by atoms with Crippen LogP contribution in [0.1, 0.15) is 17.1 Å². The Kier molecular flexibility index (Phi) is 6.22. The van der Waals surface area contributed by atoms with Crippen LogP contribution >= 0.6 is 22.9 Å². The number of alkyl halides is 1. The van der Waals surface area contributed by atoms with Crippen molar-refractivity contribution in [1.29, 1.82) is 0 Å². The van der Waals surface area contributed by atoms with E-state index in [0.29, 0.717) is 18.8 Å². The van der Waals surface area contributed by atoms with Crippen LogP contribution in [0.2, 0.25) is 0 Å². The van der Waals surface area contributed by atoms with E-state index < -0.39 is 0 Å². The van der Waals surface area contributed by atoms with Crippen molar-refractivity contribution >= 4 is 28.8 Å². The van der Waals surface area contributed by atoms with E-state index in [1.165, 1.54) is 0 Å². The van der Waals surface area contributed by atoms with Gasteiger partial charge in [0.2, 0.25) is 5.91 Å². The second kappa shape index (κ2) is 7.93. The van der Waals surface area contributed by atoms with Gasteiger partial charge in [-0.3, -0.25) is 9.69 Å². The van der Waals surface area contributed by atoms with Crippen LogP contribution < -0.4 is 0 Å². The van der Waals surface area contributed by atoms with Crippen LogP contribution in [0, 0.1) is 0 Å². The van der Waals surface area contributed by atoms with Gasteiger partial charge in [0, 0.05) is 37.8 Å². The summed E-state index contributed by atoms with van der Waals surface area (Å²) in [6.45, 7) is 4.94. The molecule has 0 spiro atoms. The third kappa shape index (κ3) is 4.70. The SMILES string of the molecule is CN(Cc1csc(CN2CCOCC2)n1)C(=O)CCCl. The van der Waals surface area contributed by atoms with E-state index in [4.69, 9.17) is 16.3 Å².